The lowest BCUT2D eigenvalue weighted by Gasteiger charge is -2.14. The lowest BCUT2D eigenvalue weighted by atomic mass is 10.2. The summed E-state index contributed by atoms with van der Waals surface area (Å²) in [6.07, 6.45) is 0. The van der Waals surface area contributed by atoms with Crippen LogP contribution in [0.25, 0.3) is 0 Å². The van der Waals surface area contributed by atoms with Crippen LogP contribution in [-0.2, 0) is 13.2 Å². The molecule has 134 valence electrons. The Bertz CT molecular complexity index is 866. The van der Waals surface area contributed by atoms with Crippen LogP contribution in [0, 0.1) is 0 Å². The van der Waals surface area contributed by atoms with Gasteiger partial charge >= 0.3 is 0 Å². The van der Waals surface area contributed by atoms with E-state index in [1.54, 1.807) is 7.11 Å². The van der Waals surface area contributed by atoms with Crippen molar-refractivity contribution in [2.24, 2.45) is 0 Å². The second-order valence-electron chi connectivity index (χ2n) is 5.75. The van der Waals surface area contributed by atoms with Gasteiger partial charge in [0.1, 0.15) is 18.1 Å². The summed E-state index contributed by atoms with van der Waals surface area (Å²) in [4.78, 5) is 0. The van der Waals surface area contributed by atoms with Gasteiger partial charge in [-0.25, -0.2) is 0 Å². The summed E-state index contributed by atoms with van der Waals surface area (Å²) in [6, 6.07) is 21.0. The van der Waals surface area contributed by atoms with E-state index < -0.39 is 0 Å². The van der Waals surface area contributed by atoms with Gasteiger partial charge in [0.15, 0.2) is 0 Å². The highest BCUT2D eigenvalue weighted by Gasteiger charge is 2.06. The smallest absolute Gasteiger partial charge is 0.124 e. The fraction of sp³-hybridized carbons (Fsp3) is 0.143. The number of nitrogens with one attached hydrogen (secondary N) is 1. The largest absolute Gasteiger partial charge is 0.497 e. The zero-order valence-electron chi connectivity index (χ0n) is 14.3. The topological polar surface area (TPSA) is 30.5 Å². The first-order valence-electron chi connectivity index (χ1n) is 8.17. The van der Waals surface area contributed by atoms with Crippen molar-refractivity contribution >= 4 is 28.9 Å². The average molecular weight is 388 g/mol. The SMILES string of the molecule is COc1ccc(NCc2cc(Cl)ccc2OCc2cccc(Cl)c2)cc1. The molecule has 0 bridgehead atoms. The van der Waals surface area contributed by atoms with Crippen molar-refractivity contribution in [3.8, 4) is 11.5 Å². The number of hydrogen-bond acceptors (Lipinski definition) is 3. The number of ether oxygens (including phenoxy) is 2. The predicted octanol–water partition coefficient (Wildman–Crippen LogP) is 6.19. The Morgan fingerprint density at radius 1 is 0.885 bits per heavy atom. The maximum absolute atomic E-state index is 6.16. The van der Waals surface area contributed by atoms with Crippen LogP contribution in [0.15, 0.2) is 66.7 Å². The highest BCUT2D eigenvalue weighted by Crippen LogP contribution is 2.26. The molecule has 26 heavy (non-hydrogen) atoms. The van der Waals surface area contributed by atoms with Gasteiger partial charge in [0.25, 0.3) is 0 Å². The second-order valence-corrected chi connectivity index (χ2v) is 6.63. The first-order chi connectivity index (χ1) is 12.6. The van der Waals surface area contributed by atoms with Crippen LogP contribution in [-0.4, -0.2) is 7.11 Å². The van der Waals surface area contributed by atoms with E-state index in [1.807, 2.05) is 66.7 Å². The number of hydrogen-bond donors (Lipinski definition) is 1. The normalized spacial score (nSPS) is 10.4. The summed E-state index contributed by atoms with van der Waals surface area (Å²) in [5.74, 6) is 1.61. The molecule has 0 spiro atoms. The van der Waals surface area contributed by atoms with E-state index in [-0.39, 0.29) is 0 Å². The van der Waals surface area contributed by atoms with Crippen LogP contribution in [0.2, 0.25) is 10.0 Å². The maximum Gasteiger partial charge on any atom is 0.124 e. The minimum atomic E-state index is 0.442. The molecule has 0 saturated heterocycles. The van der Waals surface area contributed by atoms with Crippen molar-refractivity contribution in [2.45, 2.75) is 13.2 Å². The van der Waals surface area contributed by atoms with Crippen LogP contribution < -0.4 is 14.8 Å². The van der Waals surface area contributed by atoms with Gasteiger partial charge in [0, 0.05) is 27.8 Å². The Morgan fingerprint density at radius 3 is 2.38 bits per heavy atom. The van der Waals surface area contributed by atoms with E-state index in [1.165, 1.54) is 0 Å². The molecule has 0 heterocycles. The highest BCUT2D eigenvalue weighted by atomic mass is 35.5. The molecule has 3 aromatic rings. The fourth-order valence-electron chi connectivity index (χ4n) is 2.52. The zero-order valence-corrected chi connectivity index (χ0v) is 15.8. The summed E-state index contributed by atoms with van der Waals surface area (Å²) >= 11 is 12.2. The van der Waals surface area contributed by atoms with Gasteiger partial charge in [-0.2, -0.15) is 0 Å². The first kappa shape index (κ1) is 18.4. The molecule has 3 nitrogen and oxygen atoms in total. The van der Waals surface area contributed by atoms with Gasteiger partial charge in [-0.15, -0.1) is 0 Å². The van der Waals surface area contributed by atoms with Crippen molar-refractivity contribution < 1.29 is 9.47 Å². The van der Waals surface area contributed by atoms with Gasteiger partial charge < -0.3 is 14.8 Å². The number of benzene rings is 3. The molecule has 0 saturated carbocycles. The molecule has 0 amide bonds. The molecule has 0 aliphatic rings. The predicted molar refractivity (Wildman–Crippen MR) is 108 cm³/mol. The molecule has 0 atom stereocenters. The van der Waals surface area contributed by atoms with E-state index in [9.17, 15) is 0 Å². The first-order valence-corrected chi connectivity index (χ1v) is 8.93. The Hall–Kier alpha value is -2.36. The monoisotopic (exact) mass is 387 g/mol. The average Bonchev–Trinajstić information content (AvgIpc) is 2.66. The number of halogens is 2. The molecule has 0 fully saturated rings. The minimum absolute atomic E-state index is 0.442. The molecule has 0 unspecified atom stereocenters. The molecule has 0 radical (unpaired) electrons. The molecular formula is C21H19Cl2NO2. The minimum Gasteiger partial charge on any atom is -0.497 e. The number of methoxy groups -OCH3 is 1. The van der Waals surface area contributed by atoms with Crippen molar-refractivity contribution in [3.63, 3.8) is 0 Å². The van der Waals surface area contributed by atoms with Gasteiger partial charge in [-0.1, -0.05) is 35.3 Å². The van der Waals surface area contributed by atoms with E-state index >= 15 is 0 Å². The van der Waals surface area contributed by atoms with E-state index in [2.05, 4.69) is 5.32 Å². The van der Waals surface area contributed by atoms with Gasteiger partial charge in [-0.3, -0.25) is 0 Å². The Morgan fingerprint density at radius 2 is 1.65 bits per heavy atom. The third-order valence-electron chi connectivity index (χ3n) is 3.88. The van der Waals surface area contributed by atoms with Crippen molar-refractivity contribution in [2.75, 3.05) is 12.4 Å². The molecule has 0 aromatic heterocycles. The summed E-state index contributed by atoms with van der Waals surface area (Å²) in [5.41, 5.74) is 2.99. The molecule has 0 aliphatic heterocycles. The zero-order chi connectivity index (χ0) is 18.4. The van der Waals surface area contributed by atoms with E-state index in [0.717, 1.165) is 28.3 Å². The third kappa shape index (κ3) is 5.07. The summed E-state index contributed by atoms with van der Waals surface area (Å²) < 4.78 is 11.2. The second kappa shape index (κ2) is 8.84. The maximum atomic E-state index is 6.16. The fourth-order valence-corrected chi connectivity index (χ4v) is 2.93. The van der Waals surface area contributed by atoms with Crippen LogP contribution >= 0.6 is 23.2 Å². The van der Waals surface area contributed by atoms with Gasteiger partial charge in [-0.05, 0) is 60.2 Å². The summed E-state index contributed by atoms with van der Waals surface area (Å²) in [5, 5.41) is 4.74. The van der Waals surface area contributed by atoms with Crippen LogP contribution in [0.3, 0.4) is 0 Å². The summed E-state index contributed by atoms with van der Waals surface area (Å²) in [6.45, 7) is 1.04. The quantitative estimate of drug-likeness (QED) is 0.523. The third-order valence-corrected chi connectivity index (χ3v) is 4.35. The van der Waals surface area contributed by atoms with E-state index in [0.29, 0.717) is 23.2 Å². The Balaban J connectivity index is 1.68. The van der Waals surface area contributed by atoms with Crippen LogP contribution in [0.4, 0.5) is 5.69 Å². The van der Waals surface area contributed by atoms with Gasteiger partial charge in [0.05, 0.1) is 7.11 Å². The van der Waals surface area contributed by atoms with Crippen LogP contribution in [0.1, 0.15) is 11.1 Å². The number of rotatable bonds is 7. The highest BCUT2D eigenvalue weighted by molar-refractivity contribution is 6.30. The van der Waals surface area contributed by atoms with Crippen molar-refractivity contribution in [3.05, 3.63) is 87.9 Å². The van der Waals surface area contributed by atoms with Crippen LogP contribution in [0.5, 0.6) is 11.5 Å². The molecule has 0 aliphatic carbocycles. The molecule has 3 aromatic carbocycles. The lowest BCUT2D eigenvalue weighted by Crippen LogP contribution is -2.04. The standard InChI is InChI=1S/C21H19Cl2NO2/c1-25-20-8-6-19(7-9-20)24-13-16-12-18(23)5-10-21(16)26-14-15-3-2-4-17(22)11-15/h2-12,24H,13-14H2,1H3. The molecule has 5 heteroatoms. The van der Waals surface area contributed by atoms with Crippen molar-refractivity contribution in [1.82, 2.24) is 0 Å². The Kier molecular flexibility index (Phi) is 6.26. The van der Waals surface area contributed by atoms with E-state index in [4.69, 9.17) is 32.7 Å². The molecular weight excluding hydrogens is 369 g/mol. The Labute approximate surface area is 163 Å². The molecule has 3 rings (SSSR count). The number of anilines is 1. The molecule has 1 N–H and O–H groups in total. The summed E-state index contributed by atoms with van der Waals surface area (Å²) in [7, 11) is 1.65. The van der Waals surface area contributed by atoms with Gasteiger partial charge in [0.2, 0.25) is 0 Å². The van der Waals surface area contributed by atoms with Crippen molar-refractivity contribution in [1.29, 1.82) is 0 Å². The lowest BCUT2D eigenvalue weighted by molar-refractivity contribution is 0.303.